The van der Waals surface area contributed by atoms with Crippen molar-refractivity contribution < 1.29 is 14.3 Å². The van der Waals surface area contributed by atoms with E-state index in [0.717, 1.165) is 22.4 Å². The molecule has 0 radical (unpaired) electrons. The summed E-state index contributed by atoms with van der Waals surface area (Å²) in [5.74, 6) is 0.685. The van der Waals surface area contributed by atoms with E-state index in [1.54, 1.807) is 7.11 Å². The maximum Gasteiger partial charge on any atom is 0.220 e. The SMILES string of the molecule is COc1cc(C)c(C)cc1CNC(=O)CCC(C)=O. The highest BCUT2D eigenvalue weighted by Gasteiger charge is 2.08. The van der Waals surface area contributed by atoms with Crippen molar-refractivity contribution in [2.75, 3.05) is 7.11 Å². The molecule has 4 heteroatoms. The van der Waals surface area contributed by atoms with Gasteiger partial charge in [-0.25, -0.2) is 0 Å². The fourth-order valence-electron chi connectivity index (χ4n) is 1.75. The minimum atomic E-state index is -0.115. The minimum absolute atomic E-state index is 0.0268. The van der Waals surface area contributed by atoms with E-state index in [1.165, 1.54) is 6.92 Å². The van der Waals surface area contributed by atoms with Crippen LogP contribution in [0.15, 0.2) is 12.1 Å². The molecule has 0 heterocycles. The number of hydrogen-bond donors (Lipinski definition) is 1. The van der Waals surface area contributed by atoms with Crippen LogP contribution in [0.2, 0.25) is 0 Å². The number of ether oxygens (including phenoxy) is 1. The van der Waals surface area contributed by atoms with Crippen molar-refractivity contribution in [3.8, 4) is 5.75 Å². The average molecular weight is 263 g/mol. The highest BCUT2D eigenvalue weighted by molar-refractivity contribution is 5.83. The Labute approximate surface area is 114 Å². The summed E-state index contributed by atoms with van der Waals surface area (Å²) in [6, 6.07) is 3.98. The third-order valence-corrected chi connectivity index (χ3v) is 3.08. The Morgan fingerprint density at radius 1 is 1.16 bits per heavy atom. The zero-order valence-electron chi connectivity index (χ0n) is 12.0. The molecule has 0 bridgehead atoms. The van der Waals surface area contributed by atoms with Crippen LogP contribution >= 0.6 is 0 Å². The maximum absolute atomic E-state index is 11.6. The molecule has 0 aliphatic rings. The molecule has 0 saturated heterocycles. The van der Waals surface area contributed by atoms with Crippen molar-refractivity contribution in [3.63, 3.8) is 0 Å². The monoisotopic (exact) mass is 263 g/mol. The Hall–Kier alpha value is -1.84. The van der Waals surface area contributed by atoms with Crippen molar-refractivity contribution in [1.29, 1.82) is 0 Å². The second kappa shape index (κ2) is 6.92. The van der Waals surface area contributed by atoms with Crippen LogP contribution in [0.3, 0.4) is 0 Å². The summed E-state index contributed by atoms with van der Waals surface area (Å²) in [5.41, 5.74) is 3.26. The molecule has 19 heavy (non-hydrogen) atoms. The smallest absolute Gasteiger partial charge is 0.220 e. The van der Waals surface area contributed by atoms with Crippen LogP contribution < -0.4 is 10.1 Å². The topological polar surface area (TPSA) is 55.4 Å². The lowest BCUT2D eigenvalue weighted by Crippen LogP contribution is -2.23. The molecule has 0 spiro atoms. The van der Waals surface area contributed by atoms with Gasteiger partial charge in [-0.1, -0.05) is 6.07 Å². The molecule has 1 rings (SSSR count). The van der Waals surface area contributed by atoms with E-state index >= 15 is 0 Å². The first-order valence-electron chi connectivity index (χ1n) is 6.34. The number of amides is 1. The number of nitrogens with one attached hydrogen (secondary N) is 1. The van der Waals surface area contributed by atoms with Crippen LogP contribution in [0.5, 0.6) is 5.75 Å². The molecule has 4 nitrogen and oxygen atoms in total. The molecule has 0 fully saturated rings. The van der Waals surface area contributed by atoms with Crippen LogP contribution in [0.25, 0.3) is 0 Å². The standard InChI is InChI=1S/C15H21NO3/c1-10-7-13(14(19-4)8-11(10)2)9-16-15(18)6-5-12(3)17/h7-8H,5-6,9H2,1-4H3,(H,16,18). The molecule has 0 aliphatic carbocycles. The zero-order chi connectivity index (χ0) is 14.4. The molecule has 0 aromatic heterocycles. The van der Waals surface area contributed by atoms with Gasteiger partial charge in [-0.2, -0.15) is 0 Å². The Bertz CT molecular complexity index is 481. The predicted molar refractivity (Wildman–Crippen MR) is 74.2 cm³/mol. The average Bonchev–Trinajstić information content (AvgIpc) is 2.37. The van der Waals surface area contributed by atoms with Gasteiger partial charge in [0, 0.05) is 24.9 Å². The molecule has 1 aromatic rings. The Kier molecular flexibility index (Phi) is 5.55. The highest BCUT2D eigenvalue weighted by atomic mass is 16.5. The number of carbonyl (C=O) groups excluding carboxylic acids is 2. The van der Waals surface area contributed by atoms with Gasteiger partial charge in [0.2, 0.25) is 5.91 Å². The van der Waals surface area contributed by atoms with Gasteiger partial charge < -0.3 is 14.8 Å². The fraction of sp³-hybridized carbons (Fsp3) is 0.467. The van der Waals surface area contributed by atoms with Gasteiger partial charge in [0.1, 0.15) is 11.5 Å². The second-order valence-electron chi connectivity index (χ2n) is 4.73. The lowest BCUT2D eigenvalue weighted by atomic mass is 10.0. The number of rotatable bonds is 6. The number of methoxy groups -OCH3 is 1. The molecule has 0 atom stereocenters. The van der Waals surface area contributed by atoms with Gasteiger partial charge in [-0.3, -0.25) is 4.79 Å². The first-order chi connectivity index (χ1) is 8.93. The first kappa shape index (κ1) is 15.2. The summed E-state index contributed by atoms with van der Waals surface area (Å²) in [6.07, 6.45) is 0.526. The lowest BCUT2D eigenvalue weighted by molar-refractivity contribution is -0.124. The summed E-state index contributed by atoms with van der Waals surface area (Å²) < 4.78 is 5.31. The van der Waals surface area contributed by atoms with Crippen molar-refractivity contribution >= 4 is 11.7 Å². The molecular weight excluding hydrogens is 242 g/mol. The van der Waals surface area contributed by atoms with E-state index in [0.29, 0.717) is 6.54 Å². The number of ketones is 1. The Balaban J connectivity index is 2.64. The highest BCUT2D eigenvalue weighted by Crippen LogP contribution is 2.22. The number of benzene rings is 1. The lowest BCUT2D eigenvalue weighted by Gasteiger charge is -2.12. The van der Waals surface area contributed by atoms with Crippen molar-refractivity contribution in [2.45, 2.75) is 40.2 Å². The number of hydrogen-bond acceptors (Lipinski definition) is 3. The van der Waals surface area contributed by atoms with Crippen LogP contribution in [-0.2, 0) is 16.1 Å². The van der Waals surface area contributed by atoms with Gasteiger partial charge in [-0.15, -0.1) is 0 Å². The van der Waals surface area contributed by atoms with Crippen LogP contribution in [0.1, 0.15) is 36.5 Å². The second-order valence-corrected chi connectivity index (χ2v) is 4.73. The van der Waals surface area contributed by atoms with Gasteiger partial charge in [0.15, 0.2) is 0 Å². The summed E-state index contributed by atoms with van der Waals surface area (Å²) in [6.45, 7) is 5.95. The normalized spacial score (nSPS) is 10.1. The fourth-order valence-corrected chi connectivity index (χ4v) is 1.75. The summed E-state index contributed by atoms with van der Waals surface area (Å²) in [4.78, 5) is 22.4. The number of carbonyl (C=O) groups is 2. The summed E-state index contributed by atoms with van der Waals surface area (Å²) in [5, 5.41) is 2.80. The van der Waals surface area contributed by atoms with Gasteiger partial charge in [0.25, 0.3) is 0 Å². The minimum Gasteiger partial charge on any atom is -0.496 e. The molecule has 104 valence electrons. The molecule has 0 unspecified atom stereocenters. The van der Waals surface area contributed by atoms with E-state index in [4.69, 9.17) is 4.74 Å². The van der Waals surface area contributed by atoms with E-state index < -0.39 is 0 Å². The quantitative estimate of drug-likeness (QED) is 0.856. The zero-order valence-corrected chi connectivity index (χ0v) is 12.0. The van der Waals surface area contributed by atoms with Gasteiger partial charge in [-0.05, 0) is 38.0 Å². The summed E-state index contributed by atoms with van der Waals surface area (Å²) in [7, 11) is 1.62. The molecule has 0 aliphatic heterocycles. The van der Waals surface area contributed by atoms with Crippen LogP contribution in [0, 0.1) is 13.8 Å². The van der Waals surface area contributed by atoms with E-state index in [1.807, 2.05) is 26.0 Å². The Morgan fingerprint density at radius 3 is 2.37 bits per heavy atom. The first-order valence-corrected chi connectivity index (χ1v) is 6.34. The molecule has 1 N–H and O–H groups in total. The van der Waals surface area contributed by atoms with Gasteiger partial charge in [0.05, 0.1) is 7.11 Å². The van der Waals surface area contributed by atoms with E-state index in [-0.39, 0.29) is 24.5 Å². The molecule has 1 aromatic carbocycles. The molecule has 0 saturated carbocycles. The number of Topliss-reactive ketones (excluding diaryl/α,β-unsaturated/α-hetero) is 1. The van der Waals surface area contributed by atoms with Crippen LogP contribution in [-0.4, -0.2) is 18.8 Å². The summed E-state index contributed by atoms with van der Waals surface area (Å²) >= 11 is 0. The number of aryl methyl sites for hydroxylation is 2. The van der Waals surface area contributed by atoms with Crippen LogP contribution in [0.4, 0.5) is 0 Å². The predicted octanol–water partition coefficient (Wildman–Crippen LogP) is 2.30. The van der Waals surface area contributed by atoms with Gasteiger partial charge >= 0.3 is 0 Å². The maximum atomic E-state index is 11.6. The van der Waals surface area contributed by atoms with Crippen molar-refractivity contribution in [1.82, 2.24) is 5.32 Å². The third-order valence-electron chi connectivity index (χ3n) is 3.08. The van der Waals surface area contributed by atoms with E-state index in [9.17, 15) is 9.59 Å². The van der Waals surface area contributed by atoms with Crippen molar-refractivity contribution in [2.24, 2.45) is 0 Å². The molecule has 1 amide bonds. The Morgan fingerprint density at radius 2 is 1.79 bits per heavy atom. The molecular formula is C15H21NO3. The largest absolute Gasteiger partial charge is 0.496 e. The van der Waals surface area contributed by atoms with Crippen molar-refractivity contribution in [3.05, 3.63) is 28.8 Å². The third kappa shape index (κ3) is 4.73. The van der Waals surface area contributed by atoms with E-state index in [2.05, 4.69) is 5.32 Å².